The van der Waals surface area contributed by atoms with Crippen LogP contribution in [0.3, 0.4) is 0 Å². The molecule has 2 rings (SSSR count). The van der Waals surface area contributed by atoms with E-state index in [4.69, 9.17) is 10.8 Å². The van der Waals surface area contributed by atoms with Gasteiger partial charge in [0.25, 0.3) is 5.91 Å². The van der Waals surface area contributed by atoms with Crippen molar-refractivity contribution in [3.05, 3.63) is 17.2 Å². The van der Waals surface area contributed by atoms with Gasteiger partial charge in [0.15, 0.2) is 5.82 Å². The molecule has 0 aromatic carbocycles. The first-order valence-corrected chi connectivity index (χ1v) is 5.27. The lowest BCUT2D eigenvalue weighted by atomic mass is 10.1. The van der Waals surface area contributed by atoms with Gasteiger partial charge in [0.1, 0.15) is 0 Å². The second kappa shape index (κ2) is 4.17. The van der Waals surface area contributed by atoms with Crippen LogP contribution >= 0.6 is 0 Å². The lowest BCUT2D eigenvalue weighted by Crippen LogP contribution is -2.35. The van der Waals surface area contributed by atoms with Crippen LogP contribution in [-0.4, -0.2) is 44.5 Å². The third kappa shape index (κ3) is 2.14. The number of carbonyl (C=O) groups excluding carboxylic acids is 1. The van der Waals surface area contributed by atoms with Crippen molar-refractivity contribution in [2.45, 2.75) is 13.0 Å². The van der Waals surface area contributed by atoms with Crippen LogP contribution in [0, 0.1) is 0 Å². The zero-order valence-electron chi connectivity index (χ0n) is 9.51. The van der Waals surface area contributed by atoms with Crippen molar-refractivity contribution in [2.75, 3.05) is 13.1 Å². The van der Waals surface area contributed by atoms with Crippen LogP contribution in [0.25, 0.3) is 0 Å². The number of nitrogens with two attached hydrogens (primary N) is 1. The molecule has 0 saturated heterocycles. The van der Waals surface area contributed by atoms with E-state index in [1.807, 2.05) is 0 Å². The van der Waals surface area contributed by atoms with Gasteiger partial charge in [-0.1, -0.05) is 0 Å². The Morgan fingerprint density at radius 1 is 1.53 bits per heavy atom. The normalized spacial score (nSPS) is 15.6. The van der Waals surface area contributed by atoms with Gasteiger partial charge in [0.2, 0.25) is 0 Å². The Bertz CT molecular complexity index is 480. The summed E-state index contributed by atoms with van der Waals surface area (Å²) in [6, 6.07) is 0. The Hall–Kier alpha value is -1.89. The Labute approximate surface area is 97.8 Å². The highest BCUT2D eigenvalue weighted by Gasteiger charge is 2.25. The number of hydrogen-bond donors (Lipinski definition) is 2. The predicted molar refractivity (Wildman–Crippen MR) is 58.3 cm³/mol. The number of aliphatic carboxylic acids is 1. The van der Waals surface area contributed by atoms with E-state index in [1.54, 1.807) is 16.5 Å². The quantitative estimate of drug-likeness (QED) is 0.700. The molecule has 0 unspecified atom stereocenters. The number of nitrogens with zero attached hydrogens (tertiary/aromatic N) is 3. The maximum atomic E-state index is 11.1. The number of carbonyl (C=O) groups is 2. The fourth-order valence-electron chi connectivity index (χ4n) is 2.13. The third-order valence-electron chi connectivity index (χ3n) is 2.91. The van der Waals surface area contributed by atoms with Gasteiger partial charge in [-0.15, -0.1) is 0 Å². The number of amides is 1. The van der Waals surface area contributed by atoms with Crippen LogP contribution in [0.4, 0.5) is 0 Å². The van der Waals surface area contributed by atoms with Gasteiger partial charge in [0, 0.05) is 32.3 Å². The predicted octanol–water partition coefficient (Wildman–Crippen LogP) is -1.04. The van der Waals surface area contributed by atoms with E-state index in [2.05, 4.69) is 4.98 Å². The average molecular weight is 238 g/mol. The van der Waals surface area contributed by atoms with Crippen molar-refractivity contribution in [2.24, 2.45) is 12.8 Å². The van der Waals surface area contributed by atoms with E-state index in [0.717, 1.165) is 11.4 Å². The molecule has 3 N–H and O–H groups in total. The SMILES string of the molecule is Cn1c(C(N)=O)nc2c1CCN(CC(=O)O)C2. The molecule has 92 valence electrons. The molecule has 2 heterocycles. The van der Waals surface area contributed by atoms with E-state index < -0.39 is 11.9 Å². The van der Waals surface area contributed by atoms with E-state index in [1.165, 1.54) is 0 Å². The summed E-state index contributed by atoms with van der Waals surface area (Å²) in [5.74, 6) is -1.20. The van der Waals surface area contributed by atoms with Crippen molar-refractivity contribution in [3.8, 4) is 0 Å². The summed E-state index contributed by atoms with van der Waals surface area (Å²) >= 11 is 0. The zero-order valence-corrected chi connectivity index (χ0v) is 9.51. The standard InChI is InChI=1S/C10H14N4O3/c1-13-7-2-3-14(5-8(15)16)4-6(7)12-10(13)9(11)17/h2-5H2,1H3,(H2,11,17)(H,15,16). The first-order valence-electron chi connectivity index (χ1n) is 5.27. The van der Waals surface area contributed by atoms with Gasteiger partial charge >= 0.3 is 5.97 Å². The number of primary amides is 1. The molecule has 0 spiro atoms. The summed E-state index contributed by atoms with van der Waals surface area (Å²) in [5, 5.41) is 8.72. The Balaban J connectivity index is 2.24. The fraction of sp³-hybridized carbons (Fsp3) is 0.500. The fourth-order valence-corrected chi connectivity index (χ4v) is 2.13. The molecule has 17 heavy (non-hydrogen) atoms. The second-order valence-electron chi connectivity index (χ2n) is 4.11. The number of carboxylic acids is 1. The van der Waals surface area contributed by atoms with Gasteiger partial charge in [-0.05, 0) is 0 Å². The van der Waals surface area contributed by atoms with Crippen molar-refractivity contribution < 1.29 is 14.7 Å². The minimum Gasteiger partial charge on any atom is -0.480 e. The summed E-state index contributed by atoms with van der Waals surface area (Å²) in [5.41, 5.74) is 6.92. The topological polar surface area (TPSA) is 101 Å². The molecule has 1 amide bonds. The molecule has 1 aliphatic heterocycles. The molecule has 0 atom stereocenters. The minimum atomic E-state index is -0.862. The van der Waals surface area contributed by atoms with E-state index in [0.29, 0.717) is 19.5 Å². The summed E-state index contributed by atoms with van der Waals surface area (Å²) in [6.45, 7) is 1.09. The Morgan fingerprint density at radius 2 is 2.24 bits per heavy atom. The Kier molecular flexibility index (Phi) is 2.84. The zero-order chi connectivity index (χ0) is 12.6. The summed E-state index contributed by atoms with van der Waals surface area (Å²) in [4.78, 5) is 27.7. The number of hydrogen-bond acceptors (Lipinski definition) is 4. The molecular weight excluding hydrogens is 224 g/mol. The molecule has 0 aliphatic carbocycles. The highest BCUT2D eigenvalue weighted by Crippen LogP contribution is 2.18. The van der Waals surface area contributed by atoms with Gasteiger partial charge in [-0.2, -0.15) is 0 Å². The van der Waals surface area contributed by atoms with E-state index in [9.17, 15) is 9.59 Å². The maximum Gasteiger partial charge on any atom is 0.317 e. The monoisotopic (exact) mass is 238 g/mol. The molecule has 7 nitrogen and oxygen atoms in total. The molecule has 0 fully saturated rings. The molecule has 1 aliphatic rings. The molecular formula is C10H14N4O3. The van der Waals surface area contributed by atoms with Crippen LogP contribution in [0.1, 0.15) is 22.0 Å². The van der Waals surface area contributed by atoms with Crippen LogP contribution < -0.4 is 5.73 Å². The van der Waals surface area contributed by atoms with Crippen LogP contribution in [0.2, 0.25) is 0 Å². The van der Waals surface area contributed by atoms with Crippen molar-refractivity contribution in [1.29, 1.82) is 0 Å². The van der Waals surface area contributed by atoms with Gasteiger partial charge in [-0.25, -0.2) is 4.98 Å². The van der Waals surface area contributed by atoms with Gasteiger partial charge in [-0.3, -0.25) is 14.5 Å². The summed E-state index contributed by atoms with van der Waals surface area (Å²) < 4.78 is 1.69. The maximum absolute atomic E-state index is 11.1. The van der Waals surface area contributed by atoms with Crippen LogP contribution in [0.15, 0.2) is 0 Å². The number of rotatable bonds is 3. The minimum absolute atomic E-state index is 0.0120. The number of carboxylic acid groups (broad SMARTS) is 1. The number of aromatic nitrogens is 2. The van der Waals surface area contributed by atoms with Crippen LogP contribution in [0.5, 0.6) is 0 Å². The lowest BCUT2D eigenvalue weighted by Gasteiger charge is -2.24. The number of imidazole rings is 1. The second-order valence-corrected chi connectivity index (χ2v) is 4.11. The first kappa shape index (κ1) is 11.6. The highest BCUT2D eigenvalue weighted by atomic mass is 16.4. The molecule has 0 bridgehead atoms. The highest BCUT2D eigenvalue weighted by molar-refractivity contribution is 5.89. The molecule has 7 heteroatoms. The number of fused-ring (bicyclic) bond motifs is 1. The van der Waals surface area contributed by atoms with Gasteiger partial charge in [0.05, 0.1) is 12.2 Å². The van der Waals surface area contributed by atoms with Crippen molar-refractivity contribution in [1.82, 2.24) is 14.5 Å². The van der Waals surface area contributed by atoms with Crippen molar-refractivity contribution >= 4 is 11.9 Å². The van der Waals surface area contributed by atoms with E-state index >= 15 is 0 Å². The summed E-state index contributed by atoms with van der Waals surface area (Å²) in [7, 11) is 1.75. The summed E-state index contributed by atoms with van der Waals surface area (Å²) in [6.07, 6.45) is 0.680. The lowest BCUT2D eigenvalue weighted by molar-refractivity contribution is -0.138. The van der Waals surface area contributed by atoms with E-state index in [-0.39, 0.29) is 12.4 Å². The molecule has 0 radical (unpaired) electrons. The van der Waals surface area contributed by atoms with Crippen molar-refractivity contribution in [3.63, 3.8) is 0 Å². The Morgan fingerprint density at radius 3 is 2.82 bits per heavy atom. The molecule has 1 aromatic rings. The van der Waals surface area contributed by atoms with Crippen LogP contribution in [-0.2, 0) is 24.8 Å². The first-order chi connectivity index (χ1) is 7.99. The molecule has 0 saturated carbocycles. The van der Waals surface area contributed by atoms with Gasteiger partial charge < -0.3 is 15.4 Å². The largest absolute Gasteiger partial charge is 0.480 e. The smallest absolute Gasteiger partial charge is 0.317 e. The third-order valence-corrected chi connectivity index (χ3v) is 2.91. The average Bonchev–Trinajstić information content (AvgIpc) is 2.55. The molecule has 1 aromatic heterocycles.